The van der Waals surface area contributed by atoms with Crippen molar-refractivity contribution in [2.45, 2.75) is 84.7 Å². The zero-order chi connectivity index (χ0) is 23.5. The molecule has 0 unspecified atom stereocenters. The number of halogens is 2. The minimum Gasteiger partial charge on any atom is -0.465 e. The van der Waals surface area contributed by atoms with Crippen molar-refractivity contribution in [1.82, 2.24) is 0 Å². The van der Waals surface area contributed by atoms with E-state index in [0.29, 0.717) is 12.8 Å². The van der Waals surface area contributed by atoms with E-state index in [0.717, 1.165) is 19.3 Å². The summed E-state index contributed by atoms with van der Waals surface area (Å²) < 4.78 is 41.5. The van der Waals surface area contributed by atoms with E-state index in [9.17, 15) is 14.4 Å². The number of ketones is 1. The van der Waals surface area contributed by atoms with Gasteiger partial charge in [0.1, 0.15) is 12.7 Å². The van der Waals surface area contributed by atoms with Gasteiger partial charge in [-0.15, -0.1) is 0 Å². The molecule has 0 bridgehead atoms. The highest BCUT2D eigenvalue weighted by atomic mass is 19.3. The van der Waals surface area contributed by atoms with Gasteiger partial charge in [0.05, 0.1) is 6.42 Å². The summed E-state index contributed by atoms with van der Waals surface area (Å²) in [7, 11) is 0. The molecule has 7 heteroatoms. The van der Waals surface area contributed by atoms with Crippen LogP contribution in [0.1, 0.15) is 72.6 Å². The quantitative estimate of drug-likeness (QED) is 0.569. The predicted octanol–water partition coefficient (Wildman–Crippen LogP) is 4.87. The second-order valence-electron chi connectivity index (χ2n) is 11.0. The Morgan fingerprint density at radius 1 is 1.19 bits per heavy atom. The molecule has 3 fully saturated rings. The van der Waals surface area contributed by atoms with Crippen molar-refractivity contribution < 1.29 is 32.6 Å². The average Bonchev–Trinajstić information content (AvgIpc) is 2.94. The highest BCUT2D eigenvalue weighted by Crippen LogP contribution is 2.68. The van der Waals surface area contributed by atoms with Crippen molar-refractivity contribution in [3.05, 3.63) is 11.6 Å². The average molecular weight is 453 g/mol. The Morgan fingerprint density at radius 2 is 1.91 bits per heavy atom. The normalized spacial score (nSPS) is 42.2. The van der Waals surface area contributed by atoms with Crippen LogP contribution in [0, 0.1) is 34.5 Å². The van der Waals surface area contributed by atoms with Gasteiger partial charge in [-0.25, -0.2) is 8.78 Å². The van der Waals surface area contributed by atoms with Gasteiger partial charge < -0.3 is 9.47 Å². The zero-order valence-electron chi connectivity index (χ0n) is 19.4. The van der Waals surface area contributed by atoms with E-state index in [4.69, 9.17) is 9.47 Å². The van der Waals surface area contributed by atoms with E-state index in [2.05, 4.69) is 6.92 Å². The lowest BCUT2D eigenvalue weighted by Gasteiger charge is -2.59. The van der Waals surface area contributed by atoms with Gasteiger partial charge in [0.2, 0.25) is 0 Å². The van der Waals surface area contributed by atoms with Crippen molar-refractivity contribution in [3.63, 3.8) is 0 Å². The monoisotopic (exact) mass is 452 g/mol. The Balaban J connectivity index is 1.56. The maximum Gasteiger partial charge on any atom is 0.309 e. The molecule has 178 valence electrons. The molecule has 0 amide bonds. The summed E-state index contributed by atoms with van der Waals surface area (Å²) in [5.74, 6) is -3.95. The van der Waals surface area contributed by atoms with Crippen LogP contribution in [-0.4, -0.2) is 36.4 Å². The Bertz CT molecular complexity index is 851. The number of hydrogen-bond donors (Lipinski definition) is 0. The second-order valence-corrected chi connectivity index (χ2v) is 11.0. The molecule has 5 nitrogen and oxygen atoms in total. The Kier molecular flexibility index (Phi) is 5.78. The van der Waals surface area contributed by atoms with Crippen LogP contribution in [-0.2, 0) is 23.9 Å². The molecule has 4 aliphatic rings. The van der Waals surface area contributed by atoms with Gasteiger partial charge in [-0.05, 0) is 60.8 Å². The van der Waals surface area contributed by atoms with Crippen LogP contribution in [0.4, 0.5) is 8.78 Å². The predicted molar refractivity (Wildman–Crippen MR) is 113 cm³/mol. The summed E-state index contributed by atoms with van der Waals surface area (Å²) in [6.45, 7) is 7.34. The first kappa shape index (κ1) is 23.4. The first-order valence-electron chi connectivity index (χ1n) is 11.8. The molecule has 0 heterocycles. The topological polar surface area (TPSA) is 69.7 Å². The van der Waals surface area contributed by atoms with Crippen LogP contribution >= 0.6 is 0 Å². The largest absolute Gasteiger partial charge is 0.465 e. The van der Waals surface area contributed by atoms with Gasteiger partial charge in [0.15, 0.2) is 5.78 Å². The summed E-state index contributed by atoms with van der Waals surface area (Å²) >= 11 is 0. The van der Waals surface area contributed by atoms with Gasteiger partial charge in [-0.2, -0.15) is 0 Å². The van der Waals surface area contributed by atoms with Crippen molar-refractivity contribution >= 4 is 17.7 Å². The highest BCUT2D eigenvalue weighted by molar-refractivity contribution is 5.92. The SMILES string of the molecule is CC(=O)OCCC(=O)O[C@@H]1[C@H](C)C[C@H]2[C@@H]3CC(F)(F)C4=CC(=O)CC[C@]4(C)[C@H]3CC[C@]12C. The van der Waals surface area contributed by atoms with Gasteiger partial charge in [0, 0.05) is 30.8 Å². The maximum atomic E-state index is 15.4. The van der Waals surface area contributed by atoms with Gasteiger partial charge in [-0.1, -0.05) is 20.8 Å². The Morgan fingerprint density at radius 3 is 2.59 bits per heavy atom. The van der Waals surface area contributed by atoms with Crippen molar-refractivity contribution in [2.24, 2.45) is 34.5 Å². The molecule has 4 rings (SSSR count). The fraction of sp³-hybridized carbons (Fsp3) is 0.800. The van der Waals surface area contributed by atoms with Crippen molar-refractivity contribution in [2.75, 3.05) is 6.61 Å². The summed E-state index contributed by atoms with van der Waals surface area (Å²) in [6.07, 6.45) is 3.85. The lowest BCUT2D eigenvalue weighted by Crippen LogP contribution is -2.56. The summed E-state index contributed by atoms with van der Waals surface area (Å²) in [6, 6.07) is 0. The molecule has 0 aromatic rings. The number of ether oxygens (including phenoxy) is 2. The van der Waals surface area contributed by atoms with E-state index >= 15 is 8.78 Å². The summed E-state index contributed by atoms with van der Waals surface area (Å²) in [5, 5.41) is 0. The number of rotatable bonds is 4. The lowest BCUT2D eigenvalue weighted by atomic mass is 9.46. The van der Waals surface area contributed by atoms with E-state index < -0.39 is 23.3 Å². The van der Waals surface area contributed by atoms with Crippen molar-refractivity contribution in [3.8, 4) is 0 Å². The number of fused-ring (bicyclic) bond motifs is 5. The molecule has 7 atom stereocenters. The third-order valence-corrected chi connectivity index (χ3v) is 9.05. The molecule has 0 saturated heterocycles. The number of allylic oxidation sites excluding steroid dienone is 1. The highest BCUT2D eigenvalue weighted by Gasteiger charge is 2.66. The van der Waals surface area contributed by atoms with Crippen molar-refractivity contribution in [1.29, 1.82) is 0 Å². The molecule has 32 heavy (non-hydrogen) atoms. The van der Waals surface area contributed by atoms with Gasteiger partial charge in [0.25, 0.3) is 5.92 Å². The van der Waals surface area contributed by atoms with Crippen LogP contribution in [0.3, 0.4) is 0 Å². The molecule has 0 N–H and O–H groups in total. The third kappa shape index (κ3) is 3.69. The molecule has 3 saturated carbocycles. The second kappa shape index (κ2) is 7.91. The van der Waals surface area contributed by atoms with E-state index in [1.54, 1.807) is 0 Å². The fourth-order valence-corrected chi connectivity index (χ4v) is 7.64. The van der Waals surface area contributed by atoms with Crippen LogP contribution in [0.25, 0.3) is 0 Å². The molecule has 0 radical (unpaired) electrons. The zero-order valence-corrected chi connectivity index (χ0v) is 19.4. The first-order valence-corrected chi connectivity index (χ1v) is 11.8. The van der Waals surface area contributed by atoms with Crippen LogP contribution in [0.5, 0.6) is 0 Å². The summed E-state index contributed by atoms with van der Waals surface area (Å²) in [5.41, 5.74) is -0.954. The minimum atomic E-state index is -2.98. The van der Waals surface area contributed by atoms with E-state index in [-0.39, 0.29) is 66.0 Å². The molecular weight excluding hydrogens is 418 g/mol. The molecule has 0 spiro atoms. The number of alkyl halides is 2. The van der Waals surface area contributed by atoms with Crippen LogP contribution in [0.15, 0.2) is 11.6 Å². The summed E-state index contributed by atoms with van der Waals surface area (Å²) in [4.78, 5) is 35.3. The first-order chi connectivity index (χ1) is 14.9. The Hall–Kier alpha value is -1.79. The molecule has 0 aromatic heterocycles. The van der Waals surface area contributed by atoms with E-state index in [1.165, 1.54) is 13.0 Å². The van der Waals surface area contributed by atoms with E-state index in [1.807, 2.05) is 13.8 Å². The Labute approximate surface area is 188 Å². The fourth-order valence-electron chi connectivity index (χ4n) is 7.64. The maximum absolute atomic E-state index is 15.4. The van der Waals surface area contributed by atoms with Crippen LogP contribution < -0.4 is 0 Å². The molecule has 4 aliphatic carbocycles. The number of carbonyl (C=O) groups is 3. The lowest BCUT2D eigenvalue weighted by molar-refractivity contribution is -0.169. The number of hydrogen-bond acceptors (Lipinski definition) is 5. The standard InChI is InChI=1S/C25H34F2O5/c1-14-11-19-17-13-25(26,27)20-12-16(29)5-8-23(20,3)18(17)6-9-24(19,4)22(14)32-21(30)7-10-31-15(2)28/h12,14,17-19,22H,5-11,13H2,1-4H3/t14-,17-,18+,19+,22-,23-,24+/m1/s1. The molecule has 0 aromatic carbocycles. The van der Waals surface area contributed by atoms with Gasteiger partial charge in [-0.3, -0.25) is 14.4 Å². The minimum absolute atomic E-state index is 0.00603. The third-order valence-electron chi connectivity index (χ3n) is 9.05. The number of carbonyl (C=O) groups excluding carboxylic acids is 3. The molecular formula is C25H34F2O5. The van der Waals surface area contributed by atoms with Gasteiger partial charge >= 0.3 is 11.9 Å². The number of esters is 2. The smallest absolute Gasteiger partial charge is 0.309 e. The van der Waals surface area contributed by atoms with Crippen LogP contribution in [0.2, 0.25) is 0 Å². The molecule has 0 aliphatic heterocycles.